The van der Waals surface area contributed by atoms with E-state index in [9.17, 15) is 0 Å². The van der Waals surface area contributed by atoms with Gasteiger partial charge in [-0.15, -0.1) is 5.10 Å². The quantitative estimate of drug-likeness (QED) is 0.702. The summed E-state index contributed by atoms with van der Waals surface area (Å²) in [6, 6.07) is 2.12. The molecule has 0 atom stereocenters. The van der Waals surface area contributed by atoms with Gasteiger partial charge in [-0.2, -0.15) is 9.78 Å². The number of hydrogen-bond donors (Lipinski definition) is 0. The summed E-state index contributed by atoms with van der Waals surface area (Å²) in [5.41, 5.74) is 0.576. The Morgan fingerprint density at radius 1 is 1.44 bits per heavy atom. The largest absolute Gasteiger partial charge is 0.383 e. The van der Waals surface area contributed by atoms with Gasteiger partial charge in [0.25, 0.3) is 0 Å². The van der Waals surface area contributed by atoms with Gasteiger partial charge in [-0.05, 0) is 10.4 Å². The summed E-state index contributed by atoms with van der Waals surface area (Å²) in [7, 11) is 1.64. The van der Waals surface area contributed by atoms with Crippen LogP contribution < -0.4 is 4.90 Å². The van der Waals surface area contributed by atoms with E-state index in [2.05, 4.69) is 26.6 Å². The van der Waals surface area contributed by atoms with Crippen LogP contribution in [0.4, 0.5) is 5.82 Å². The van der Waals surface area contributed by atoms with Crippen molar-refractivity contribution in [3.8, 4) is 6.07 Å². The number of hydrogen-bond acceptors (Lipinski definition) is 7. The lowest BCUT2D eigenvalue weighted by atomic mass is 10.4. The molecule has 2 aromatic rings. The van der Waals surface area contributed by atoms with Crippen LogP contribution in [0.1, 0.15) is 6.42 Å². The molecule has 0 saturated heterocycles. The van der Waals surface area contributed by atoms with Crippen molar-refractivity contribution in [2.45, 2.75) is 6.42 Å². The summed E-state index contributed by atoms with van der Waals surface area (Å²) < 4.78 is 6.66. The van der Waals surface area contributed by atoms with Crippen molar-refractivity contribution >= 4 is 11.5 Å². The summed E-state index contributed by atoms with van der Waals surface area (Å²) in [5.74, 6) is 0.754. The molecular formula is C10H13N7O. The van der Waals surface area contributed by atoms with Crippen LogP contribution in [0.15, 0.2) is 12.4 Å². The number of anilines is 1. The minimum atomic E-state index is 0.419. The molecule has 8 nitrogen and oxygen atoms in total. The topological polar surface area (TPSA) is 92.2 Å². The smallest absolute Gasteiger partial charge is 0.199 e. The summed E-state index contributed by atoms with van der Waals surface area (Å²) in [4.78, 5) is 6.07. The average Bonchev–Trinajstić information content (AvgIpc) is 2.87. The van der Waals surface area contributed by atoms with E-state index >= 15 is 0 Å². The molecule has 0 unspecified atom stereocenters. The molecule has 0 aromatic carbocycles. The lowest BCUT2D eigenvalue weighted by Crippen LogP contribution is -2.30. The van der Waals surface area contributed by atoms with E-state index in [4.69, 9.17) is 10.00 Å². The van der Waals surface area contributed by atoms with Gasteiger partial charge >= 0.3 is 0 Å². The van der Waals surface area contributed by atoms with E-state index in [-0.39, 0.29) is 0 Å². The Morgan fingerprint density at radius 2 is 2.33 bits per heavy atom. The second-order valence-electron chi connectivity index (χ2n) is 3.60. The van der Waals surface area contributed by atoms with Gasteiger partial charge in [0, 0.05) is 20.2 Å². The summed E-state index contributed by atoms with van der Waals surface area (Å²) >= 11 is 0. The highest BCUT2D eigenvalue weighted by Gasteiger charge is 2.12. The number of methoxy groups -OCH3 is 1. The summed E-state index contributed by atoms with van der Waals surface area (Å²) in [5, 5.41) is 20.0. The first-order valence-corrected chi connectivity index (χ1v) is 5.49. The van der Waals surface area contributed by atoms with Crippen molar-refractivity contribution in [3.63, 3.8) is 0 Å². The molecule has 0 aliphatic carbocycles. The molecule has 0 amide bonds. The Hall–Kier alpha value is -2.27. The Labute approximate surface area is 104 Å². The second-order valence-corrected chi connectivity index (χ2v) is 3.60. The third-order valence-corrected chi connectivity index (χ3v) is 2.47. The van der Waals surface area contributed by atoms with Gasteiger partial charge in [-0.3, -0.25) is 4.98 Å². The van der Waals surface area contributed by atoms with Crippen LogP contribution in [0.2, 0.25) is 0 Å². The molecule has 0 bridgehead atoms. The third-order valence-electron chi connectivity index (χ3n) is 2.47. The molecule has 0 saturated carbocycles. The first kappa shape index (κ1) is 12.2. The maximum Gasteiger partial charge on any atom is 0.199 e. The monoisotopic (exact) mass is 247 g/mol. The van der Waals surface area contributed by atoms with E-state index in [0.717, 1.165) is 5.82 Å². The van der Waals surface area contributed by atoms with Gasteiger partial charge in [0.2, 0.25) is 0 Å². The predicted octanol–water partition coefficient (Wildman–Crippen LogP) is -0.114. The first-order chi connectivity index (χ1) is 8.86. The van der Waals surface area contributed by atoms with Crippen molar-refractivity contribution < 1.29 is 4.74 Å². The average molecular weight is 247 g/mol. The number of aromatic nitrogens is 5. The molecule has 0 aliphatic rings. The summed E-state index contributed by atoms with van der Waals surface area (Å²) in [6.45, 7) is 1.79. The zero-order chi connectivity index (χ0) is 12.8. The Balaban J connectivity index is 2.28. The number of ether oxygens (including phenoxy) is 1. The minimum absolute atomic E-state index is 0.419. The van der Waals surface area contributed by atoms with Crippen molar-refractivity contribution in [1.82, 2.24) is 25.0 Å². The van der Waals surface area contributed by atoms with Gasteiger partial charge in [0.05, 0.1) is 31.5 Å². The molecule has 0 N–H and O–H groups in total. The Morgan fingerprint density at radius 3 is 3.11 bits per heavy atom. The van der Waals surface area contributed by atoms with Gasteiger partial charge in [-0.1, -0.05) is 0 Å². The highest BCUT2D eigenvalue weighted by atomic mass is 16.5. The van der Waals surface area contributed by atoms with Crippen LogP contribution in [0, 0.1) is 11.3 Å². The third kappa shape index (κ3) is 2.52. The maximum absolute atomic E-state index is 8.69. The fourth-order valence-electron chi connectivity index (χ4n) is 1.61. The van der Waals surface area contributed by atoms with Crippen molar-refractivity contribution in [3.05, 3.63) is 12.4 Å². The standard InChI is InChI=1S/C10H13N7O/c1-18-6-5-16(4-2-3-11)10-8-12-7-9-13-14-15-17(9)10/h7-8H,2,4-6H2,1H3. The van der Waals surface area contributed by atoms with Crippen LogP contribution in [-0.2, 0) is 4.74 Å². The predicted molar refractivity (Wildman–Crippen MR) is 62.9 cm³/mol. The zero-order valence-electron chi connectivity index (χ0n) is 10.0. The fourth-order valence-corrected chi connectivity index (χ4v) is 1.61. The highest BCUT2D eigenvalue weighted by Crippen LogP contribution is 2.12. The van der Waals surface area contributed by atoms with Crippen LogP contribution in [0.3, 0.4) is 0 Å². The van der Waals surface area contributed by atoms with E-state index in [1.807, 2.05) is 4.90 Å². The number of nitrogens with zero attached hydrogens (tertiary/aromatic N) is 7. The van der Waals surface area contributed by atoms with E-state index in [1.165, 1.54) is 0 Å². The van der Waals surface area contributed by atoms with Crippen LogP contribution in [0.25, 0.3) is 5.65 Å². The minimum Gasteiger partial charge on any atom is -0.383 e. The number of tetrazole rings is 1. The van der Waals surface area contributed by atoms with Crippen molar-refractivity contribution in [1.29, 1.82) is 5.26 Å². The molecule has 0 aliphatic heterocycles. The lowest BCUT2D eigenvalue weighted by Gasteiger charge is -2.22. The normalized spacial score (nSPS) is 10.4. The van der Waals surface area contributed by atoms with E-state index in [1.54, 1.807) is 24.0 Å². The zero-order valence-corrected chi connectivity index (χ0v) is 10.0. The van der Waals surface area contributed by atoms with Crippen LogP contribution in [0.5, 0.6) is 0 Å². The lowest BCUT2D eigenvalue weighted by molar-refractivity contribution is 0.205. The molecule has 0 spiro atoms. The molecule has 0 fully saturated rings. The summed E-state index contributed by atoms with van der Waals surface area (Å²) in [6.07, 6.45) is 3.68. The van der Waals surface area contributed by atoms with Crippen molar-refractivity contribution in [2.24, 2.45) is 0 Å². The maximum atomic E-state index is 8.69. The number of fused-ring (bicyclic) bond motifs is 1. The molecule has 18 heavy (non-hydrogen) atoms. The molecular weight excluding hydrogens is 234 g/mol. The number of nitriles is 1. The molecule has 2 aromatic heterocycles. The van der Waals surface area contributed by atoms with Gasteiger partial charge in [-0.25, -0.2) is 0 Å². The van der Waals surface area contributed by atoms with Gasteiger partial charge in [0.15, 0.2) is 11.5 Å². The molecule has 94 valence electrons. The molecule has 2 rings (SSSR count). The number of rotatable bonds is 6. The fraction of sp³-hybridized carbons (Fsp3) is 0.500. The van der Waals surface area contributed by atoms with Crippen LogP contribution in [-0.4, -0.2) is 51.8 Å². The Kier molecular flexibility index (Phi) is 3.98. The van der Waals surface area contributed by atoms with E-state index in [0.29, 0.717) is 31.8 Å². The van der Waals surface area contributed by atoms with Crippen LogP contribution >= 0.6 is 0 Å². The SMILES string of the molecule is COCCN(CCC#N)c1cncc2nnnn12. The Bertz CT molecular complexity index is 546. The second kappa shape index (κ2) is 5.88. The highest BCUT2D eigenvalue weighted by molar-refractivity contribution is 5.45. The first-order valence-electron chi connectivity index (χ1n) is 5.49. The van der Waals surface area contributed by atoms with Crippen molar-refractivity contribution in [2.75, 3.05) is 31.7 Å². The van der Waals surface area contributed by atoms with E-state index < -0.39 is 0 Å². The molecule has 0 radical (unpaired) electrons. The van der Waals surface area contributed by atoms with Gasteiger partial charge < -0.3 is 9.64 Å². The molecule has 8 heteroatoms. The molecule has 2 heterocycles. The van der Waals surface area contributed by atoms with Gasteiger partial charge in [0.1, 0.15) is 0 Å².